The molecule has 0 saturated carbocycles. The zero-order chi connectivity index (χ0) is 6.81. The summed E-state index contributed by atoms with van der Waals surface area (Å²) < 4.78 is 5.19. The highest BCUT2D eigenvalue weighted by atomic mass is 32.1. The molecule has 0 radical (unpaired) electrons. The van der Waals surface area contributed by atoms with Gasteiger partial charge in [0.25, 0.3) is 0 Å². The van der Waals surface area contributed by atoms with E-state index >= 15 is 0 Å². The van der Waals surface area contributed by atoms with Crippen molar-refractivity contribution in [2.24, 2.45) is 0 Å². The summed E-state index contributed by atoms with van der Waals surface area (Å²) in [5, 5.41) is 2.04. The van der Waals surface area contributed by atoms with Gasteiger partial charge in [0, 0.05) is 0 Å². The average Bonchev–Trinajstić information content (AvgIpc) is 2.59. The highest BCUT2D eigenvalue weighted by Crippen LogP contribution is 2.24. The summed E-state index contributed by atoms with van der Waals surface area (Å²) in [5.41, 5.74) is 0. The van der Waals surface area contributed by atoms with Crippen LogP contribution in [-0.4, -0.2) is 0 Å². The van der Waals surface area contributed by atoms with E-state index in [0.29, 0.717) is 0 Å². The van der Waals surface area contributed by atoms with Crippen LogP contribution in [0.15, 0.2) is 40.3 Å². The summed E-state index contributed by atoms with van der Waals surface area (Å²) in [4.78, 5) is 1.19. The molecule has 0 saturated heterocycles. The van der Waals surface area contributed by atoms with E-state index in [1.165, 1.54) is 4.88 Å². The largest absolute Gasteiger partial charge is 0.464 e. The van der Waals surface area contributed by atoms with Gasteiger partial charge in [0.2, 0.25) is 0 Å². The number of furan rings is 1. The standard InChI is InChI=1S/C8H6OS/c1-3-7(9-5-1)8-4-2-6-10-8/h1-6H. The van der Waals surface area contributed by atoms with Crippen LogP contribution in [0.5, 0.6) is 0 Å². The van der Waals surface area contributed by atoms with E-state index < -0.39 is 0 Å². The Bertz CT molecular complexity index is 249. The predicted molar refractivity (Wildman–Crippen MR) is 42.0 cm³/mol. The first-order valence-corrected chi connectivity index (χ1v) is 3.92. The van der Waals surface area contributed by atoms with Crippen molar-refractivity contribution in [3.8, 4) is 10.6 Å². The van der Waals surface area contributed by atoms with Crippen molar-refractivity contribution in [3.05, 3.63) is 35.9 Å². The van der Waals surface area contributed by atoms with E-state index in [-0.39, 0.29) is 0 Å². The van der Waals surface area contributed by atoms with E-state index in [9.17, 15) is 0 Å². The molecule has 0 bridgehead atoms. The van der Waals surface area contributed by atoms with Crippen LogP contribution in [0.4, 0.5) is 0 Å². The lowest BCUT2D eigenvalue weighted by atomic mass is 10.4. The van der Waals surface area contributed by atoms with Crippen LogP contribution in [-0.2, 0) is 0 Å². The monoisotopic (exact) mass is 150 g/mol. The summed E-state index contributed by atoms with van der Waals surface area (Å²) in [6, 6.07) is 7.92. The smallest absolute Gasteiger partial charge is 0.143 e. The Morgan fingerprint density at radius 2 is 2.20 bits per heavy atom. The zero-order valence-corrected chi connectivity index (χ0v) is 6.10. The molecule has 1 nitrogen and oxygen atoms in total. The minimum Gasteiger partial charge on any atom is -0.464 e. The van der Waals surface area contributed by atoms with E-state index in [0.717, 1.165) is 5.76 Å². The van der Waals surface area contributed by atoms with Crippen LogP contribution in [0.3, 0.4) is 0 Å². The third-order valence-electron chi connectivity index (χ3n) is 1.29. The van der Waals surface area contributed by atoms with Gasteiger partial charge in [0.15, 0.2) is 0 Å². The van der Waals surface area contributed by atoms with Crippen LogP contribution < -0.4 is 0 Å². The van der Waals surface area contributed by atoms with Gasteiger partial charge >= 0.3 is 0 Å². The van der Waals surface area contributed by atoms with Crippen molar-refractivity contribution < 1.29 is 4.42 Å². The molecule has 50 valence electrons. The van der Waals surface area contributed by atoms with Gasteiger partial charge < -0.3 is 4.42 Å². The minimum atomic E-state index is 0.954. The normalized spacial score (nSPS) is 10.0. The second-order valence-corrected chi connectivity index (χ2v) is 2.90. The molecule has 0 atom stereocenters. The molecule has 2 aromatic rings. The highest BCUT2D eigenvalue weighted by molar-refractivity contribution is 7.13. The lowest BCUT2D eigenvalue weighted by molar-refractivity contribution is 0.584. The molecule has 2 heterocycles. The maximum Gasteiger partial charge on any atom is 0.143 e. The van der Waals surface area contributed by atoms with Crippen LogP contribution in [0.1, 0.15) is 0 Å². The van der Waals surface area contributed by atoms with Gasteiger partial charge in [-0.2, -0.15) is 0 Å². The SMILES string of the molecule is c1coc(-c2cccs2)c1. The average molecular weight is 150 g/mol. The molecule has 0 aliphatic carbocycles. The van der Waals surface area contributed by atoms with Crippen LogP contribution in [0, 0.1) is 0 Å². The maximum atomic E-state index is 5.19. The van der Waals surface area contributed by atoms with Crippen molar-refractivity contribution in [3.63, 3.8) is 0 Å². The third-order valence-corrected chi connectivity index (χ3v) is 2.17. The molecule has 0 fully saturated rings. The number of thiophene rings is 1. The lowest BCUT2D eigenvalue weighted by Crippen LogP contribution is -1.58. The van der Waals surface area contributed by atoms with Crippen molar-refractivity contribution in [1.82, 2.24) is 0 Å². The van der Waals surface area contributed by atoms with Gasteiger partial charge in [0.05, 0.1) is 11.1 Å². The van der Waals surface area contributed by atoms with E-state index in [2.05, 4.69) is 0 Å². The fraction of sp³-hybridized carbons (Fsp3) is 0. The molecule has 0 aliphatic heterocycles. The molecular formula is C8H6OS. The van der Waals surface area contributed by atoms with Crippen molar-refractivity contribution >= 4 is 11.3 Å². The van der Waals surface area contributed by atoms with E-state index in [1.54, 1.807) is 17.6 Å². The lowest BCUT2D eigenvalue weighted by Gasteiger charge is -1.84. The summed E-state index contributed by atoms with van der Waals surface area (Å²) in [6.07, 6.45) is 1.69. The van der Waals surface area contributed by atoms with E-state index in [1.807, 2.05) is 29.6 Å². The Morgan fingerprint density at radius 3 is 2.80 bits per heavy atom. The Kier molecular flexibility index (Phi) is 1.32. The molecule has 0 amide bonds. The van der Waals surface area contributed by atoms with Crippen LogP contribution >= 0.6 is 11.3 Å². The second kappa shape index (κ2) is 2.31. The van der Waals surface area contributed by atoms with Crippen LogP contribution in [0.2, 0.25) is 0 Å². The second-order valence-electron chi connectivity index (χ2n) is 1.95. The summed E-state index contributed by atoms with van der Waals surface area (Å²) in [6.45, 7) is 0. The Morgan fingerprint density at radius 1 is 1.20 bits per heavy atom. The van der Waals surface area contributed by atoms with Crippen molar-refractivity contribution in [2.45, 2.75) is 0 Å². The van der Waals surface area contributed by atoms with Gasteiger partial charge in [-0.3, -0.25) is 0 Å². The number of hydrogen-bond acceptors (Lipinski definition) is 2. The third kappa shape index (κ3) is 0.866. The molecule has 2 heteroatoms. The van der Waals surface area contributed by atoms with E-state index in [4.69, 9.17) is 4.42 Å². The highest BCUT2D eigenvalue weighted by Gasteiger charge is 1.98. The van der Waals surface area contributed by atoms with Gasteiger partial charge in [-0.25, -0.2) is 0 Å². The molecule has 10 heavy (non-hydrogen) atoms. The van der Waals surface area contributed by atoms with Gasteiger partial charge in [-0.15, -0.1) is 11.3 Å². The Balaban J connectivity index is 2.48. The molecule has 0 spiro atoms. The first kappa shape index (κ1) is 5.74. The number of hydrogen-bond donors (Lipinski definition) is 0. The van der Waals surface area contributed by atoms with Crippen LogP contribution in [0.25, 0.3) is 10.6 Å². The first-order chi connectivity index (χ1) is 4.97. The van der Waals surface area contributed by atoms with Crippen molar-refractivity contribution in [1.29, 1.82) is 0 Å². The fourth-order valence-electron chi connectivity index (χ4n) is 0.838. The molecule has 0 aromatic carbocycles. The number of rotatable bonds is 1. The molecular weight excluding hydrogens is 144 g/mol. The summed E-state index contributed by atoms with van der Waals surface area (Å²) in [7, 11) is 0. The Labute approximate surface area is 62.9 Å². The first-order valence-electron chi connectivity index (χ1n) is 3.04. The predicted octanol–water partition coefficient (Wildman–Crippen LogP) is 3.01. The van der Waals surface area contributed by atoms with Gasteiger partial charge in [0.1, 0.15) is 5.76 Å². The summed E-state index contributed by atoms with van der Waals surface area (Å²) >= 11 is 1.69. The minimum absolute atomic E-state index is 0.954. The topological polar surface area (TPSA) is 13.1 Å². The molecule has 0 aliphatic rings. The van der Waals surface area contributed by atoms with Gasteiger partial charge in [-0.05, 0) is 23.6 Å². The molecule has 0 unspecified atom stereocenters. The maximum absolute atomic E-state index is 5.19. The zero-order valence-electron chi connectivity index (χ0n) is 5.28. The quantitative estimate of drug-likeness (QED) is 0.609. The van der Waals surface area contributed by atoms with Gasteiger partial charge in [-0.1, -0.05) is 6.07 Å². The molecule has 0 N–H and O–H groups in total. The van der Waals surface area contributed by atoms with Crippen molar-refractivity contribution in [2.75, 3.05) is 0 Å². The fourth-order valence-corrected chi connectivity index (χ4v) is 1.53. The molecule has 2 rings (SSSR count). The molecule has 2 aromatic heterocycles. The Hall–Kier alpha value is -1.02. The summed E-state index contributed by atoms with van der Waals surface area (Å²) in [5.74, 6) is 0.954.